The van der Waals surface area contributed by atoms with Crippen LogP contribution in [0.4, 0.5) is 17.6 Å². The van der Waals surface area contributed by atoms with Crippen LogP contribution in [0, 0.1) is 18.7 Å². The van der Waals surface area contributed by atoms with Gasteiger partial charge in [0, 0.05) is 5.54 Å². The zero-order valence-electron chi connectivity index (χ0n) is 10.7. The van der Waals surface area contributed by atoms with E-state index in [9.17, 15) is 17.6 Å². The highest BCUT2D eigenvalue weighted by Gasteiger charge is 2.45. The third-order valence-corrected chi connectivity index (χ3v) is 4.09. The molecule has 0 spiro atoms. The monoisotopic (exact) mass is 275 g/mol. The van der Waals surface area contributed by atoms with Gasteiger partial charge in [0.05, 0.1) is 5.92 Å². The lowest BCUT2D eigenvalue weighted by Crippen LogP contribution is -2.43. The van der Waals surface area contributed by atoms with Gasteiger partial charge in [-0.1, -0.05) is 12.1 Å². The fourth-order valence-corrected chi connectivity index (χ4v) is 2.65. The quantitative estimate of drug-likeness (QED) is 0.769. The van der Waals surface area contributed by atoms with Gasteiger partial charge in [0.25, 0.3) is 0 Å². The average Bonchev–Trinajstić information content (AvgIpc) is 2.32. The molecule has 0 aromatic heterocycles. The number of hydrogen-bond donors (Lipinski definition) is 1. The fourth-order valence-electron chi connectivity index (χ4n) is 2.65. The van der Waals surface area contributed by atoms with Crippen molar-refractivity contribution < 1.29 is 17.6 Å². The third-order valence-electron chi connectivity index (χ3n) is 4.09. The molecule has 1 aromatic rings. The second-order valence-corrected chi connectivity index (χ2v) is 5.44. The maximum atomic E-state index is 13.5. The van der Waals surface area contributed by atoms with Gasteiger partial charge in [-0.2, -0.15) is 13.2 Å². The van der Waals surface area contributed by atoms with E-state index in [1.165, 1.54) is 6.07 Å². The average molecular weight is 275 g/mol. The molecule has 2 N–H and O–H groups in total. The molecule has 0 aliphatic heterocycles. The summed E-state index contributed by atoms with van der Waals surface area (Å²) in [5, 5.41) is 0. The van der Waals surface area contributed by atoms with Gasteiger partial charge < -0.3 is 5.73 Å². The Morgan fingerprint density at radius 3 is 2.26 bits per heavy atom. The summed E-state index contributed by atoms with van der Waals surface area (Å²) in [6.07, 6.45) is -3.66. The highest BCUT2D eigenvalue weighted by atomic mass is 19.4. The molecule has 1 saturated carbocycles. The van der Waals surface area contributed by atoms with Crippen molar-refractivity contribution in [3.05, 3.63) is 35.1 Å². The molecule has 0 atom stereocenters. The molecule has 0 amide bonds. The second kappa shape index (κ2) is 4.78. The minimum absolute atomic E-state index is 0.00942. The molecule has 2 rings (SSSR count). The highest BCUT2D eigenvalue weighted by Crippen LogP contribution is 2.44. The highest BCUT2D eigenvalue weighted by molar-refractivity contribution is 5.29. The van der Waals surface area contributed by atoms with Crippen LogP contribution >= 0.6 is 0 Å². The van der Waals surface area contributed by atoms with E-state index in [0.717, 1.165) is 0 Å². The zero-order chi connectivity index (χ0) is 14.3. The Balaban J connectivity index is 2.15. The van der Waals surface area contributed by atoms with E-state index in [1.807, 2.05) is 0 Å². The van der Waals surface area contributed by atoms with E-state index in [0.29, 0.717) is 11.1 Å². The Labute approximate surface area is 109 Å². The number of alkyl halides is 3. The summed E-state index contributed by atoms with van der Waals surface area (Å²) in [6, 6.07) is 4.69. The van der Waals surface area contributed by atoms with E-state index in [-0.39, 0.29) is 31.5 Å². The lowest BCUT2D eigenvalue weighted by atomic mass is 9.73. The SMILES string of the molecule is Cc1ccc(C2(N)CCC(C(F)(F)F)CC2)cc1F. The predicted octanol–water partition coefficient (Wildman–Crippen LogP) is 4.04. The lowest BCUT2D eigenvalue weighted by molar-refractivity contribution is -0.184. The van der Waals surface area contributed by atoms with E-state index in [1.54, 1.807) is 19.1 Å². The van der Waals surface area contributed by atoms with Crippen LogP contribution in [0.5, 0.6) is 0 Å². The number of nitrogens with two attached hydrogens (primary N) is 1. The number of benzene rings is 1. The van der Waals surface area contributed by atoms with Gasteiger partial charge in [0.1, 0.15) is 5.82 Å². The molecular weight excluding hydrogens is 258 g/mol. The Bertz CT molecular complexity index is 459. The van der Waals surface area contributed by atoms with Crippen LogP contribution < -0.4 is 5.73 Å². The van der Waals surface area contributed by atoms with Gasteiger partial charge in [-0.05, 0) is 49.8 Å². The molecule has 1 aliphatic rings. The van der Waals surface area contributed by atoms with E-state index in [2.05, 4.69) is 0 Å². The summed E-state index contributed by atoms with van der Waals surface area (Å²) in [6.45, 7) is 1.64. The molecule has 0 unspecified atom stereocenters. The molecule has 5 heteroatoms. The van der Waals surface area contributed by atoms with Crippen LogP contribution in [0.1, 0.15) is 36.8 Å². The largest absolute Gasteiger partial charge is 0.391 e. The summed E-state index contributed by atoms with van der Waals surface area (Å²) in [4.78, 5) is 0. The molecule has 1 nitrogen and oxygen atoms in total. The maximum Gasteiger partial charge on any atom is 0.391 e. The van der Waals surface area contributed by atoms with Crippen molar-refractivity contribution in [2.45, 2.75) is 44.3 Å². The minimum atomic E-state index is -4.15. The van der Waals surface area contributed by atoms with Crippen LogP contribution in [0.2, 0.25) is 0 Å². The van der Waals surface area contributed by atoms with Crippen molar-refractivity contribution in [1.82, 2.24) is 0 Å². The summed E-state index contributed by atoms with van der Waals surface area (Å²) < 4.78 is 51.4. The molecule has 1 aromatic carbocycles. The van der Waals surface area contributed by atoms with Gasteiger partial charge in [-0.3, -0.25) is 0 Å². The third kappa shape index (κ3) is 2.91. The molecule has 106 valence electrons. The zero-order valence-corrected chi connectivity index (χ0v) is 10.7. The van der Waals surface area contributed by atoms with Gasteiger partial charge in [-0.25, -0.2) is 4.39 Å². The van der Waals surface area contributed by atoms with Crippen LogP contribution in [-0.4, -0.2) is 6.18 Å². The van der Waals surface area contributed by atoms with Crippen molar-refractivity contribution >= 4 is 0 Å². The molecule has 1 aliphatic carbocycles. The molecule has 0 saturated heterocycles. The summed E-state index contributed by atoms with van der Waals surface area (Å²) in [5.41, 5.74) is 6.44. The van der Waals surface area contributed by atoms with Crippen molar-refractivity contribution in [3.63, 3.8) is 0 Å². The summed E-state index contributed by atoms with van der Waals surface area (Å²) in [7, 11) is 0. The number of hydrogen-bond acceptors (Lipinski definition) is 1. The van der Waals surface area contributed by atoms with Crippen LogP contribution in [-0.2, 0) is 5.54 Å². The smallest absolute Gasteiger partial charge is 0.321 e. The lowest BCUT2D eigenvalue weighted by Gasteiger charge is -2.38. The van der Waals surface area contributed by atoms with E-state index in [4.69, 9.17) is 5.73 Å². The van der Waals surface area contributed by atoms with Gasteiger partial charge >= 0.3 is 6.18 Å². The first-order chi connectivity index (χ1) is 8.72. The fraction of sp³-hybridized carbons (Fsp3) is 0.571. The van der Waals surface area contributed by atoms with Gasteiger partial charge in [0.15, 0.2) is 0 Å². The molecule has 0 radical (unpaired) electrons. The first kappa shape index (κ1) is 14.3. The minimum Gasteiger partial charge on any atom is -0.321 e. The van der Waals surface area contributed by atoms with Crippen molar-refractivity contribution in [2.75, 3.05) is 0 Å². The molecule has 0 bridgehead atoms. The van der Waals surface area contributed by atoms with E-state index < -0.39 is 17.6 Å². The standard InChI is InChI=1S/C14H17F4N/c1-9-2-3-11(8-12(9)15)13(19)6-4-10(5-7-13)14(16,17)18/h2-3,8,10H,4-7,19H2,1H3. The maximum absolute atomic E-state index is 13.5. The van der Waals surface area contributed by atoms with Crippen molar-refractivity contribution in [3.8, 4) is 0 Å². The normalized spacial score (nSPS) is 28.4. The van der Waals surface area contributed by atoms with Gasteiger partial charge in [0.2, 0.25) is 0 Å². The van der Waals surface area contributed by atoms with Crippen molar-refractivity contribution in [2.24, 2.45) is 11.7 Å². The Kier molecular flexibility index (Phi) is 3.60. The van der Waals surface area contributed by atoms with Crippen LogP contribution in [0.3, 0.4) is 0 Å². The number of aryl methyl sites for hydroxylation is 1. The van der Waals surface area contributed by atoms with Crippen molar-refractivity contribution in [1.29, 1.82) is 0 Å². The molecule has 19 heavy (non-hydrogen) atoms. The molecular formula is C14H17F4N. The first-order valence-corrected chi connectivity index (χ1v) is 6.34. The second-order valence-electron chi connectivity index (χ2n) is 5.44. The summed E-state index contributed by atoms with van der Waals surface area (Å²) >= 11 is 0. The van der Waals surface area contributed by atoms with Crippen LogP contribution in [0.25, 0.3) is 0 Å². The first-order valence-electron chi connectivity index (χ1n) is 6.34. The number of rotatable bonds is 1. The topological polar surface area (TPSA) is 26.0 Å². The number of halogens is 4. The van der Waals surface area contributed by atoms with Crippen LogP contribution in [0.15, 0.2) is 18.2 Å². The Morgan fingerprint density at radius 2 is 1.79 bits per heavy atom. The predicted molar refractivity (Wildman–Crippen MR) is 65.0 cm³/mol. The Morgan fingerprint density at radius 1 is 1.21 bits per heavy atom. The molecule has 1 fully saturated rings. The Hall–Kier alpha value is -1.10. The van der Waals surface area contributed by atoms with Gasteiger partial charge in [-0.15, -0.1) is 0 Å². The summed E-state index contributed by atoms with van der Waals surface area (Å²) in [5.74, 6) is -1.64. The van der Waals surface area contributed by atoms with E-state index >= 15 is 0 Å². The molecule has 0 heterocycles.